The second-order valence-corrected chi connectivity index (χ2v) is 6.66. The van der Waals surface area contributed by atoms with Gasteiger partial charge in [0, 0.05) is 33.7 Å². The number of nitrogens with zero attached hydrogens (tertiary/aromatic N) is 4. The molecule has 8 heteroatoms. The van der Waals surface area contributed by atoms with Crippen molar-refractivity contribution in [3.63, 3.8) is 0 Å². The molecule has 130 valence electrons. The summed E-state index contributed by atoms with van der Waals surface area (Å²) in [6, 6.07) is 14.3. The van der Waals surface area contributed by atoms with Gasteiger partial charge in [0.2, 0.25) is 5.95 Å². The summed E-state index contributed by atoms with van der Waals surface area (Å²) in [4.78, 5) is 18.7. The van der Waals surface area contributed by atoms with Crippen molar-refractivity contribution in [2.45, 2.75) is 6.92 Å². The third-order valence-electron chi connectivity index (χ3n) is 3.65. The van der Waals surface area contributed by atoms with Crippen molar-refractivity contribution < 1.29 is 4.92 Å². The minimum Gasteiger partial charge on any atom is -0.258 e. The predicted molar refractivity (Wildman–Crippen MR) is 109 cm³/mol. The fourth-order valence-electron chi connectivity index (χ4n) is 2.20. The van der Waals surface area contributed by atoms with Gasteiger partial charge < -0.3 is 0 Å². The van der Waals surface area contributed by atoms with Crippen molar-refractivity contribution in [1.29, 1.82) is 0 Å². The lowest BCUT2D eigenvalue weighted by Crippen LogP contribution is -2.02. The highest BCUT2D eigenvalue weighted by molar-refractivity contribution is 14.1. The summed E-state index contributed by atoms with van der Waals surface area (Å²) in [5.41, 5.74) is 6.30. The van der Waals surface area contributed by atoms with E-state index in [1.54, 1.807) is 24.5 Å². The Balaban J connectivity index is 1.70. The minimum absolute atomic E-state index is 0.0494. The molecule has 0 fully saturated rings. The molecule has 7 nitrogen and oxygen atoms in total. The number of aromatic nitrogens is 2. The number of nitro benzene ring substituents is 1. The summed E-state index contributed by atoms with van der Waals surface area (Å²) in [6.07, 6.45) is 3.29. The van der Waals surface area contributed by atoms with Gasteiger partial charge in [-0.05, 0) is 64.9 Å². The van der Waals surface area contributed by atoms with E-state index in [1.807, 2.05) is 31.2 Å². The van der Waals surface area contributed by atoms with E-state index in [-0.39, 0.29) is 5.69 Å². The number of anilines is 1. The first-order valence-corrected chi connectivity index (χ1v) is 8.74. The summed E-state index contributed by atoms with van der Waals surface area (Å²) in [7, 11) is 0. The van der Waals surface area contributed by atoms with E-state index in [1.165, 1.54) is 12.1 Å². The summed E-state index contributed by atoms with van der Waals surface area (Å²) in [5, 5.41) is 15.0. The molecule has 0 saturated heterocycles. The third-order valence-corrected chi connectivity index (χ3v) is 4.37. The zero-order chi connectivity index (χ0) is 18.5. The Morgan fingerprint density at radius 2 is 1.65 bits per heavy atom. The van der Waals surface area contributed by atoms with E-state index in [0.29, 0.717) is 5.95 Å². The molecule has 1 N–H and O–H groups in total. The van der Waals surface area contributed by atoms with Gasteiger partial charge in [-0.2, -0.15) is 5.10 Å². The average Bonchev–Trinajstić information content (AvgIpc) is 2.67. The number of nitro groups is 1. The molecule has 0 aliphatic carbocycles. The first-order chi connectivity index (χ1) is 12.5. The molecule has 0 radical (unpaired) electrons. The number of non-ortho nitro benzene ring substituents is 1. The Labute approximate surface area is 163 Å². The van der Waals surface area contributed by atoms with Crippen LogP contribution in [0, 0.1) is 13.7 Å². The van der Waals surface area contributed by atoms with Crippen LogP contribution in [-0.4, -0.2) is 20.6 Å². The monoisotopic (exact) mass is 459 g/mol. The highest BCUT2D eigenvalue weighted by atomic mass is 127. The smallest absolute Gasteiger partial charge is 0.258 e. The van der Waals surface area contributed by atoms with Crippen molar-refractivity contribution in [2.75, 3.05) is 5.43 Å². The predicted octanol–water partition coefficient (Wildman–Crippen LogP) is 4.49. The maximum Gasteiger partial charge on any atom is 0.269 e. The molecule has 0 aliphatic rings. The molecule has 0 spiro atoms. The molecule has 0 saturated carbocycles. The number of hydrogen-bond acceptors (Lipinski definition) is 6. The fourth-order valence-corrected chi connectivity index (χ4v) is 2.56. The van der Waals surface area contributed by atoms with E-state index < -0.39 is 4.92 Å². The standard InChI is InChI=1S/C18H14IN5O2/c1-12(13-2-6-16(19)7-3-13)22-23-18-20-10-15(11-21-18)14-4-8-17(9-5-14)24(25)26/h2-11H,1H3,(H,20,21,23)/b22-12+. The van der Waals surface area contributed by atoms with Gasteiger partial charge in [-0.15, -0.1) is 0 Å². The van der Waals surface area contributed by atoms with Crippen LogP contribution >= 0.6 is 22.6 Å². The first kappa shape index (κ1) is 17.9. The normalized spacial score (nSPS) is 11.2. The number of hydrazone groups is 1. The largest absolute Gasteiger partial charge is 0.269 e. The summed E-state index contributed by atoms with van der Waals surface area (Å²) in [5.74, 6) is 0.375. The van der Waals surface area contributed by atoms with Gasteiger partial charge in [-0.1, -0.05) is 12.1 Å². The maximum absolute atomic E-state index is 10.7. The third kappa shape index (κ3) is 4.39. The van der Waals surface area contributed by atoms with Gasteiger partial charge in [0.15, 0.2) is 0 Å². The highest BCUT2D eigenvalue weighted by Gasteiger charge is 2.06. The van der Waals surface area contributed by atoms with Crippen LogP contribution in [0.25, 0.3) is 11.1 Å². The lowest BCUT2D eigenvalue weighted by atomic mass is 10.1. The van der Waals surface area contributed by atoms with Crippen LogP contribution in [0.3, 0.4) is 0 Å². The molecular weight excluding hydrogens is 445 g/mol. The Bertz CT molecular complexity index is 939. The molecular formula is C18H14IN5O2. The summed E-state index contributed by atoms with van der Waals surface area (Å²) in [6.45, 7) is 1.90. The van der Waals surface area contributed by atoms with Crippen LogP contribution in [0.5, 0.6) is 0 Å². The van der Waals surface area contributed by atoms with Gasteiger partial charge in [-0.25, -0.2) is 15.4 Å². The molecule has 1 heterocycles. The van der Waals surface area contributed by atoms with Gasteiger partial charge in [-0.3, -0.25) is 10.1 Å². The molecule has 1 aromatic heterocycles. The van der Waals surface area contributed by atoms with Crippen LogP contribution in [0.1, 0.15) is 12.5 Å². The quantitative estimate of drug-likeness (QED) is 0.263. The molecule has 0 aliphatic heterocycles. The van der Waals surface area contributed by atoms with Crippen molar-refractivity contribution in [3.8, 4) is 11.1 Å². The lowest BCUT2D eigenvalue weighted by molar-refractivity contribution is -0.384. The molecule has 0 atom stereocenters. The first-order valence-electron chi connectivity index (χ1n) is 7.66. The number of nitrogens with one attached hydrogen (secondary N) is 1. The van der Waals surface area contributed by atoms with Crippen LogP contribution in [0.15, 0.2) is 66.0 Å². The van der Waals surface area contributed by atoms with E-state index in [9.17, 15) is 10.1 Å². The van der Waals surface area contributed by atoms with Gasteiger partial charge in [0.05, 0.1) is 10.6 Å². The van der Waals surface area contributed by atoms with Crippen LogP contribution < -0.4 is 5.43 Å². The van der Waals surface area contributed by atoms with Crippen molar-refractivity contribution >= 4 is 39.9 Å². The van der Waals surface area contributed by atoms with Gasteiger partial charge >= 0.3 is 0 Å². The zero-order valence-electron chi connectivity index (χ0n) is 13.8. The molecule has 2 aromatic carbocycles. The summed E-state index contributed by atoms with van der Waals surface area (Å²) < 4.78 is 1.16. The van der Waals surface area contributed by atoms with E-state index in [0.717, 1.165) is 26.0 Å². The van der Waals surface area contributed by atoms with Gasteiger partial charge in [0.25, 0.3) is 5.69 Å². The second-order valence-electron chi connectivity index (χ2n) is 5.42. The number of halogens is 1. The van der Waals surface area contributed by atoms with E-state index >= 15 is 0 Å². The Morgan fingerprint density at radius 3 is 2.23 bits per heavy atom. The minimum atomic E-state index is -0.429. The lowest BCUT2D eigenvalue weighted by Gasteiger charge is -2.04. The van der Waals surface area contributed by atoms with Crippen LogP contribution in [0.2, 0.25) is 0 Å². The van der Waals surface area contributed by atoms with Crippen molar-refractivity contribution in [1.82, 2.24) is 9.97 Å². The Morgan fingerprint density at radius 1 is 1.04 bits per heavy atom. The SMILES string of the molecule is C/C(=N\Nc1ncc(-c2ccc([N+](=O)[O-])cc2)cn1)c1ccc(I)cc1. The number of hydrogen-bond donors (Lipinski definition) is 1. The van der Waals surface area contributed by atoms with E-state index in [4.69, 9.17) is 0 Å². The molecule has 3 rings (SSSR count). The number of benzene rings is 2. The Kier molecular flexibility index (Phi) is 5.52. The molecule has 0 amide bonds. The van der Waals surface area contributed by atoms with Crippen LogP contribution in [0.4, 0.5) is 11.6 Å². The Hall–Kier alpha value is -2.88. The average molecular weight is 459 g/mol. The molecule has 26 heavy (non-hydrogen) atoms. The maximum atomic E-state index is 10.7. The van der Waals surface area contributed by atoms with Crippen LogP contribution in [-0.2, 0) is 0 Å². The topological polar surface area (TPSA) is 93.3 Å². The second kappa shape index (κ2) is 8.00. The summed E-state index contributed by atoms with van der Waals surface area (Å²) >= 11 is 2.25. The zero-order valence-corrected chi connectivity index (χ0v) is 15.9. The highest BCUT2D eigenvalue weighted by Crippen LogP contribution is 2.21. The van der Waals surface area contributed by atoms with E-state index in [2.05, 4.69) is 43.1 Å². The number of rotatable bonds is 5. The van der Waals surface area contributed by atoms with Crippen molar-refractivity contribution in [3.05, 3.63) is 80.2 Å². The molecule has 3 aromatic rings. The molecule has 0 bridgehead atoms. The fraction of sp³-hybridized carbons (Fsp3) is 0.0556. The van der Waals surface area contributed by atoms with Crippen molar-refractivity contribution in [2.24, 2.45) is 5.10 Å². The molecule has 0 unspecified atom stereocenters. The van der Waals surface area contributed by atoms with Gasteiger partial charge in [0.1, 0.15) is 0 Å².